The molecule has 0 spiro atoms. The summed E-state index contributed by atoms with van der Waals surface area (Å²) in [5, 5.41) is 0. The van der Waals surface area contributed by atoms with Gasteiger partial charge in [0.05, 0.1) is 7.11 Å². The van der Waals surface area contributed by atoms with Crippen molar-refractivity contribution in [2.24, 2.45) is 5.92 Å². The smallest absolute Gasteiger partial charge is 0.321 e. The minimum Gasteiger partial charge on any atom is -0.468 e. The molecule has 0 amide bonds. The molecule has 118 valence electrons. The van der Waals surface area contributed by atoms with E-state index in [0.29, 0.717) is 0 Å². The largest absolute Gasteiger partial charge is 0.468 e. The van der Waals surface area contributed by atoms with Gasteiger partial charge in [0.2, 0.25) is 0 Å². The van der Waals surface area contributed by atoms with Crippen LogP contribution in [0.5, 0.6) is 0 Å². The van der Waals surface area contributed by atoms with E-state index in [0.717, 1.165) is 30.4 Å². The Kier molecular flexibility index (Phi) is 4.61. The third kappa shape index (κ3) is 2.70. The molecule has 1 atom stereocenters. The lowest BCUT2D eigenvalue weighted by Gasteiger charge is -2.39. The highest BCUT2D eigenvalue weighted by atomic mass is 16.5. The summed E-state index contributed by atoms with van der Waals surface area (Å²) in [4.78, 5) is 13.1. The minimum absolute atomic E-state index is 0.105. The zero-order valence-electron chi connectivity index (χ0n) is 13.4. The van der Waals surface area contributed by atoms with Gasteiger partial charge in [-0.15, -0.1) is 0 Å². The van der Waals surface area contributed by atoms with Gasteiger partial charge >= 0.3 is 5.97 Å². The minimum atomic E-state index is -0.784. The molecule has 0 aliphatic heterocycles. The maximum atomic E-state index is 13.1. The highest BCUT2D eigenvalue weighted by Crippen LogP contribution is 2.44. The van der Waals surface area contributed by atoms with Crippen molar-refractivity contribution in [2.75, 3.05) is 7.11 Å². The number of hydrogen-bond acceptors (Lipinski definition) is 2. The van der Waals surface area contributed by atoms with E-state index in [1.165, 1.54) is 7.11 Å². The highest BCUT2D eigenvalue weighted by molar-refractivity contribution is 5.88. The van der Waals surface area contributed by atoms with Gasteiger partial charge in [-0.1, -0.05) is 72.8 Å². The molecule has 0 bridgehead atoms. The first-order valence-electron chi connectivity index (χ1n) is 8.16. The first-order valence-corrected chi connectivity index (χ1v) is 8.16. The number of methoxy groups -OCH3 is 1. The molecule has 1 aliphatic rings. The van der Waals surface area contributed by atoms with Crippen LogP contribution in [-0.4, -0.2) is 13.1 Å². The van der Waals surface area contributed by atoms with E-state index in [4.69, 9.17) is 4.74 Å². The molecule has 0 aromatic heterocycles. The van der Waals surface area contributed by atoms with Crippen LogP contribution in [0, 0.1) is 5.92 Å². The molecule has 0 saturated heterocycles. The molecule has 0 N–H and O–H groups in total. The molecule has 1 unspecified atom stereocenters. The molecule has 0 saturated carbocycles. The van der Waals surface area contributed by atoms with E-state index in [-0.39, 0.29) is 11.9 Å². The highest BCUT2D eigenvalue weighted by Gasteiger charge is 2.48. The summed E-state index contributed by atoms with van der Waals surface area (Å²) in [7, 11) is 1.48. The van der Waals surface area contributed by atoms with Crippen molar-refractivity contribution < 1.29 is 9.53 Å². The Balaban J connectivity index is 2.27. The summed E-state index contributed by atoms with van der Waals surface area (Å²) in [6.07, 6.45) is 7.55. The van der Waals surface area contributed by atoms with E-state index in [2.05, 4.69) is 12.2 Å². The third-order valence-electron chi connectivity index (χ3n) is 4.78. The fraction of sp³-hybridized carbons (Fsp3) is 0.286. The van der Waals surface area contributed by atoms with Gasteiger partial charge in [-0.25, -0.2) is 0 Å². The van der Waals surface area contributed by atoms with Crippen molar-refractivity contribution in [3.05, 3.63) is 83.9 Å². The average molecular weight is 306 g/mol. The number of benzene rings is 2. The molecular formula is C21H22O2. The van der Waals surface area contributed by atoms with Crippen LogP contribution in [0.2, 0.25) is 0 Å². The first kappa shape index (κ1) is 15.5. The second-order valence-electron chi connectivity index (χ2n) is 6.00. The second-order valence-corrected chi connectivity index (χ2v) is 6.00. The molecule has 2 nitrogen and oxygen atoms in total. The van der Waals surface area contributed by atoms with Crippen LogP contribution in [-0.2, 0) is 14.9 Å². The van der Waals surface area contributed by atoms with Crippen LogP contribution in [0.15, 0.2) is 72.8 Å². The van der Waals surface area contributed by atoms with Crippen molar-refractivity contribution in [1.82, 2.24) is 0 Å². The summed E-state index contributed by atoms with van der Waals surface area (Å²) < 4.78 is 5.30. The molecule has 2 aromatic carbocycles. The molecule has 3 rings (SSSR count). The zero-order chi connectivity index (χ0) is 16.1. The van der Waals surface area contributed by atoms with Crippen molar-refractivity contribution in [3.63, 3.8) is 0 Å². The number of allylic oxidation sites excluding steroid dienone is 2. The Morgan fingerprint density at radius 2 is 1.57 bits per heavy atom. The molecule has 0 heterocycles. The Bertz CT molecular complexity index is 634. The van der Waals surface area contributed by atoms with Crippen LogP contribution >= 0.6 is 0 Å². The molecule has 2 aromatic rings. The second kappa shape index (κ2) is 6.82. The predicted molar refractivity (Wildman–Crippen MR) is 92.2 cm³/mol. The third-order valence-corrected chi connectivity index (χ3v) is 4.78. The van der Waals surface area contributed by atoms with Crippen LogP contribution in [0.4, 0.5) is 0 Å². The molecule has 0 fully saturated rings. The first-order chi connectivity index (χ1) is 11.3. The Hall–Kier alpha value is -2.35. The number of carbonyl (C=O) groups is 1. The lowest BCUT2D eigenvalue weighted by Crippen LogP contribution is -2.45. The van der Waals surface area contributed by atoms with E-state index in [1.54, 1.807) is 0 Å². The predicted octanol–water partition coefficient (Wildman–Crippen LogP) is 4.50. The van der Waals surface area contributed by atoms with E-state index in [9.17, 15) is 4.79 Å². The van der Waals surface area contributed by atoms with Crippen LogP contribution in [0.1, 0.15) is 30.4 Å². The van der Waals surface area contributed by atoms with Gasteiger partial charge in [0, 0.05) is 5.92 Å². The van der Waals surface area contributed by atoms with Gasteiger partial charge in [-0.2, -0.15) is 0 Å². The average Bonchev–Trinajstić information content (AvgIpc) is 2.65. The SMILES string of the molecule is COC(=O)C(c1ccccc1)(c1ccccc1)C1C=CCCC1. The lowest BCUT2D eigenvalue weighted by atomic mass is 9.63. The van der Waals surface area contributed by atoms with Crippen LogP contribution < -0.4 is 0 Å². The monoisotopic (exact) mass is 306 g/mol. The maximum Gasteiger partial charge on any atom is 0.321 e. The number of rotatable bonds is 4. The number of ether oxygens (including phenoxy) is 1. The van der Waals surface area contributed by atoms with Gasteiger partial charge in [-0.3, -0.25) is 4.79 Å². The van der Waals surface area contributed by atoms with Gasteiger partial charge in [0.25, 0.3) is 0 Å². The van der Waals surface area contributed by atoms with Gasteiger partial charge in [-0.05, 0) is 30.4 Å². The Morgan fingerprint density at radius 3 is 2.00 bits per heavy atom. The lowest BCUT2D eigenvalue weighted by molar-refractivity contribution is -0.147. The molecule has 1 aliphatic carbocycles. The number of esters is 1. The van der Waals surface area contributed by atoms with Crippen molar-refractivity contribution in [3.8, 4) is 0 Å². The molecule has 23 heavy (non-hydrogen) atoms. The summed E-state index contributed by atoms with van der Waals surface area (Å²) in [5.41, 5.74) is 1.21. The van der Waals surface area contributed by atoms with Crippen LogP contribution in [0.3, 0.4) is 0 Å². The Morgan fingerprint density at radius 1 is 1.00 bits per heavy atom. The summed E-state index contributed by atoms with van der Waals surface area (Å²) in [6, 6.07) is 20.0. The molecule has 2 heteroatoms. The summed E-state index contributed by atoms with van der Waals surface area (Å²) in [5.74, 6) is -0.0834. The fourth-order valence-electron chi connectivity index (χ4n) is 3.72. The zero-order valence-corrected chi connectivity index (χ0v) is 13.4. The molecular weight excluding hydrogens is 284 g/mol. The number of carbonyl (C=O) groups excluding carboxylic acids is 1. The number of hydrogen-bond donors (Lipinski definition) is 0. The van der Waals surface area contributed by atoms with Gasteiger partial charge < -0.3 is 4.74 Å². The normalized spacial score (nSPS) is 17.7. The standard InChI is InChI=1S/C21H22O2/c1-23-20(22)21(17-11-5-2-6-12-17,18-13-7-3-8-14-18)19-15-9-4-10-16-19/h2-3,5-9,11-15,19H,4,10,16H2,1H3. The fourth-order valence-corrected chi connectivity index (χ4v) is 3.72. The van der Waals surface area contributed by atoms with Crippen molar-refractivity contribution in [1.29, 1.82) is 0 Å². The van der Waals surface area contributed by atoms with E-state index in [1.807, 2.05) is 60.7 Å². The van der Waals surface area contributed by atoms with Crippen LogP contribution in [0.25, 0.3) is 0 Å². The summed E-state index contributed by atoms with van der Waals surface area (Å²) >= 11 is 0. The van der Waals surface area contributed by atoms with E-state index >= 15 is 0 Å². The van der Waals surface area contributed by atoms with Crippen molar-refractivity contribution >= 4 is 5.97 Å². The summed E-state index contributed by atoms with van der Waals surface area (Å²) in [6.45, 7) is 0. The van der Waals surface area contributed by atoms with Crippen molar-refractivity contribution in [2.45, 2.75) is 24.7 Å². The van der Waals surface area contributed by atoms with Gasteiger partial charge in [0.15, 0.2) is 0 Å². The maximum absolute atomic E-state index is 13.1. The quantitative estimate of drug-likeness (QED) is 0.614. The molecule has 0 radical (unpaired) electrons. The van der Waals surface area contributed by atoms with E-state index < -0.39 is 5.41 Å². The Labute approximate surface area is 137 Å². The van der Waals surface area contributed by atoms with Gasteiger partial charge in [0.1, 0.15) is 5.41 Å². The topological polar surface area (TPSA) is 26.3 Å².